The van der Waals surface area contributed by atoms with Gasteiger partial charge >= 0.3 is 0 Å². The molecule has 0 saturated carbocycles. The molecule has 0 fully saturated rings. The maximum atomic E-state index is 12.7. The Morgan fingerprint density at radius 1 is 1.00 bits per heavy atom. The average Bonchev–Trinajstić information content (AvgIpc) is 2.80. The first-order valence-electron chi connectivity index (χ1n) is 10.9. The SMILES string of the molecule is CCN(CC)S(=O)(=O)c1ccc(C(=O)Nc2ccc3c4c(c(=O)[nH]c3c2)CCCC4)cc1. The zero-order valence-electron chi connectivity index (χ0n) is 18.3. The smallest absolute Gasteiger partial charge is 0.255 e. The molecule has 3 aromatic rings. The van der Waals surface area contributed by atoms with Gasteiger partial charge < -0.3 is 10.3 Å². The van der Waals surface area contributed by atoms with Gasteiger partial charge in [0, 0.05) is 35.3 Å². The van der Waals surface area contributed by atoms with Gasteiger partial charge in [-0.25, -0.2) is 8.42 Å². The van der Waals surface area contributed by atoms with E-state index in [0.717, 1.165) is 42.2 Å². The predicted octanol–water partition coefficient (Wildman–Crippen LogP) is 3.69. The highest BCUT2D eigenvalue weighted by Gasteiger charge is 2.22. The number of aromatic amines is 1. The molecule has 4 rings (SSSR count). The molecular formula is C24H27N3O4S. The number of H-pyrrole nitrogens is 1. The van der Waals surface area contributed by atoms with Crippen LogP contribution in [-0.4, -0.2) is 36.7 Å². The molecule has 8 heteroatoms. The summed E-state index contributed by atoms with van der Waals surface area (Å²) in [5.74, 6) is -0.351. The topological polar surface area (TPSA) is 99.3 Å². The summed E-state index contributed by atoms with van der Waals surface area (Å²) in [4.78, 5) is 28.3. The molecule has 1 aromatic heterocycles. The van der Waals surface area contributed by atoms with Crippen LogP contribution in [0.4, 0.5) is 5.69 Å². The molecule has 2 aromatic carbocycles. The molecule has 0 unspecified atom stereocenters. The zero-order valence-corrected chi connectivity index (χ0v) is 19.1. The summed E-state index contributed by atoms with van der Waals surface area (Å²) in [6.07, 6.45) is 3.80. The summed E-state index contributed by atoms with van der Waals surface area (Å²) < 4.78 is 26.6. The Bertz CT molecular complexity index is 1320. The van der Waals surface area contributed by atoms with Gasteiger partial charge in [-0.15, -0.1) is 0 Å². The Balaban J connectivity index is 1.57. The van der Waals surface area contributed by atoms with Crippen molar-refractivity contribution in [3.05, 3.63) is 69.5 Å². The minimum Gasteiger partial charge on any atom is -0.322 e. The van der Waals surface area contributed by atoms with Crippen LogP contribution in [0.1, 0.15) is 48.2 Å². The van der Waals surface area contributed by atoms with E-state index in [-0.39, 0.29) is 16.4 Å². The lowest BCUT2D eigenvalue weighted by atomic mass is 9.90. The van der Waals surface area contributed by atoms with Crippen LogP contribution in [0.2, 0.25) is 0 Å². The van der Waals surface area contributed by atoms with Crippen molar-refractivity contribution in [2.45, 2.75) is 44.4 Å². The number of hydrogen-bond donors (Lipinski definition) is 2. The first kappa shape index (κ1) is 22.2. The molecule has 1 aliphatic carbocycles. The molecule has 1 amide bonds. The normalized spacial score (nSPS) is 13.8. The van der Waals surface area contributed by atoms with Crippen LogP contribution < -0.4 is 10.9 Å². The largest absolute Gasteiger partial charge is 0.322 e. The van der Waals surface area contributed by atoms with E-state index in [1.807, 2.05) is 12.1 Å². The van der Waals surface area contributed by atoms with Gasteiger partial charge in [-0.05, 0) is 67.6 Å². The number of sulfonamides is 1. The Labute approximate surface area is 187 Å². The van der Waals surface area contributed by atoms with Crippen LogP contribution in [0.15, 0.2) is 52.2 Å². The number of anilines is 1. The van der Waals surface area contributed by atoms with Crippen molar-refractivity contribution in [1.29, 1.82) is 0 Å². The molecule has 1 aliphatic rings. The molecule has 0 bridgehead atoms. The summed E-state index contributed by atoms with van der Waals surface area (Å²) >= 11 is 0. The lowest BCUT2D eigenvalue weighted by Crippen LogP contribution is -2.30. The van der Waals surface area contributed by atoms with Crippen LogP contribution in [-0.2, 0) is 22.9 Å². The maximum absolute atomic E-state index is 12.7. The number of rotatable bonds is 6. The maximum Gasteiger partial charge on any atom is 0.255 e. The average molecular weight is 454 g/mol. The first-order valence-corrected chi connectivity index (χ1v) is 12.4. The van der Waals surface area contributed by atoms with Crippen LogP contribution in [0.25, 0.3) is 10.9 Å². The summed E-state index contributed by atoms with van der Waals surface area (Å²) in [7, 11) is -3.57. The molecule has 0 spiro atoms. The highest BCUT2D eigenvalue weighted by Crippen LogP contribution is 2.27. The van der Waals surface area contributed by atoms with Gasteiger partial charge in [0.15, 0.2) is 0 Å². The van der Waals surface area contributed by atoms with Gasteiger partial charge in [0.05, 0.1) is 10.4 Å². The van der Waals surface area contributed by atoms with E-state index in [0.29, 0.717) is 29.9 Å². The quantitative estimate of drug-likeness (QED) is 0.595. The molecule has 0 radical (unpaired) electrons. The zero-order chi connectivity index (χ0) is 22.9. The van der Waals surface area contributed by atoms with Crippen molar-refractivity contribution < 1.29 is 13.2 Å². The Morgan fingerprint density at radius 2 is 1.66 bits per heavy atom. The standard InChI is InChI=1S/C24H27N3O4S/c1-3-27(4-2)32(30,31)18-12-9-16(10-13-18)23(28)25-17-11-14-20-19-7-5-6-8-21(19)24(29)26-22(20)15-17/h9-15H,3-8H2,1-2H3,(H,25,28)(H,26,29). The van der Waals surface area contributed by atoms with E-state index in [1.54, 1.807) is 19.9 Å². The molecule has 1 heterocycles. The van der Waals surface area contributed by atoms with E-state index < -0.39 is 10.0 Å². The minimum atomic E-state index is -3.57. The number of carbonyl (C=O) groups is 1. The van der Waals surface area contributed by atoms with Crippen LogP contribution >= 0.6 is 0 Å². The summed E-state index contributed by atoms with van der Waals surface area (Å²) in [6, 6.07) is 11.4. The Hall–Kier alpha value is -2.97. The van der Waals surface area contributed by atoms with Crippen molar-refractivity contribution in [1.82, 2.24) is 9.29 Å². The molecule has 0 aliphatic heterocycles. The summed E-state index contributed by atoms with van der Waals surface area (Å²) in [5.41, 5.74) is 3.55. The fourth-order valence-corrected chi connectivity index (χ4v) is 5.79. The van der Waals surface area contributed by atoms with Crippen LogP contribution in [0.3, 0.4) is 0 Å². The van der Waals surface area contributed by atoms with Crippen LogP contribution in [0.5, 0.6) is 0 Å². The molecule has 168 valence electrons. The van der Waals surface area contributed by atoms with Gasteiger partial charge in [-0.2, -0.15) is 4.31 Å². The molecule has 0 atom stereocenters. The second kappa shape index (κ2) is 8.88. The fourth-order valence-electron chi connectivity index (χ4n) is 4.33. The number of nitrogens with one attached hydrogen (secondary N) is 2. The van der Waals surface area contributed by atoms with Gasteiger partial charge in [0.25, 0.3) is 11.5 Å². The number of nitrogens with zero attached hydrogens (tertiary/aromatic N) is 1. The lowest BCUT2D eigenvalue weighted by Gasteiger charge is -2.18. The molecular weight excluding hydrogens is 426 g/mol. The van der Waals surface area contributed by atoms with Crippen LogP contribution in [0, 0.1) is 0 Å². The third-order valence-electron chi connectivity index (χ3n) is 6.05. The fraction of sp³-hybridized carbons (Fsp3) is 0.333. The number of aryl methyl sites for hydroxylation is 1. The van der Waals surface area contributed by atoms with Crippen molar-refractivity contribution in [3.63, 3.8) is 0 Å². The highest BCUT2D eigenvalue weighted by atomic mass is 32.2. The Morgan fingerprint density at radius 3 is 2.31 bits per heavy atom. The first-order chi connectivity index (χ1) is 15.3. The van der Waals surface area contributed by atoms with E-state index in [1.165, 1.54) is 28.6 Å². The number of amides is 1. The number of fused-ring (bicyclic) bond motifs is 3. The van der Waals surface area contributed by atoms with E-state index in [4.69, 9.17) is 0 Å². The second-order valence-corrected chi connectivity index (χ2v) is 9.88. The molecule has 2 N–H and O–H groups in total. The van der Waals surface area contributed by atoms with Gasteiger partial charge in [-0.3, -0.25) is 9.59 Å². The second-order valence-electron chi connectivity index (χ2n) is 7.95. The summed E-state index contributed by atoms with van der Waals surface area (Å²) in [5, 5.41) is 3.85. The number of benzene rings is 2. The number of pyridine rings is 1. The van der Waals surface area contributed by atoms with E-state index in [2.05, 4.69) is 10.3 Å². The monoisotopic (exact) mass is 453 g/mol. The van der Waals surface area contributed by atoms with Crippen molar-refractivity contribution >= 4 is 32.5 Å². The van der Waals surface area contributed by atoms with E-state index >= 15 is 0 Å². The minimum absolute atomic E-state index is 0.0549. The van der Waals surface area contributed by atoms with Gasteiger partial charge in [-0.1, -0.05) is 19.9 Å². The lowest BCUT2D eigenvalue weighted by molar-refractivity contribution is 0.102. The van der Waals surface area contributed by atoms with Gasteiger partial charge in [0.1, 0.15) is 0 Å². The predicted molar refractivity (Wildman–Crippen MR) is 126 cm³/mol. The third-order valence-corrected chi connectivity index (χ3v) is 8.12. The molecule has 7 nitrogen and oxygen atoms in total. The van der Waals surface area contributed by atoms with Crippen molar-refractivity contribution in [2.75, 3.05) is 18.4 Å². The van der Waals surface area contributed by atoms with Crippen molar-refractivity contribution in [2.24, 2.45) is 0 Å². The number of carbonyl (C=O) groups excluding carboxylic acids is 1. The highest BCUT2D eigenvalue weighted by molar-refractivity contribution is 7.89. The van der Waals surface area contributed by atoms with Gasteiger partial charge in [0.2, 0.25) is 10.0 Å². The Kier molecular flexibility index (Phi) is 6.17. The molecule has 0 saturated heterocycles. The van der Waals surface area contributed by atoms with Crippen molar-refractivity contribution in [3.8, 4) is 0 Å². The number of aromatic nitrogens is 1. The van der Waals surface area contributed by atoms with E-state index in [9.17, 15) is 18.0 Å². The number of hydrogen-bond acceptors (Lipinski definition) is 4. The summed E-state index contributed by atoms with van der Waals surface area (Å²) in [6.45, 7) is 4.34. The molecule has 32 heavy (non-hydrogen) atoms. The third kappa shape index (κ3) is 4.08.